The van der Waals surface area contributed by atoms with Crippen LogP contribution in [0.2, 0.25) is 0 Å². The first kappa shape index (κ1) is 11.6. The van der Waals surface area contributed by atoms with E-state index in [2.05, 4.69) is 10.3 Å². The van der Waals surface area contributed by atoms with Crippen LogP contribution in [0.3, 0.4) is 0 Å². The Kier molecular flexibility index (Phi) is 3.45. The van der Waals surface area contributed by atoms with Crippen LogP contribution in [0.25, 0.3) is 0 Å². The van der Waals surface area contributed by atoms with Crippen molar-refractivity contribution in [2.75, 3.05) is 19.8 Å². The lowest BCUT2D eigenvalue weighted by molar-refractivity contribution is 0.0151. The van der Waals surface area contributed by atoms with Crippen molar-refractivity contribution in [3.8, 4) is 0 Å². The SMILES string of the molecule is c1ncc(CC2(CNC3CC3)CCOCC2)s1. The molecule has 2 heterocycles. The third-order valence-electron chi connectivity index (χ3n) is 3.93. The second kappa shape index (κ2) is 5.04. The highest BCUT2D eigenvalue weighted by Crippen LogP contribution is 2.35. The molecule has 0 aromatic carbocycles. The number of rotatable bonds is 5. The van der Waals surface area contributed by atoms with Crippen LogP contribution in [0.1, 0.15) is 30.6 Å². The van der Waals surface area contributed by atoms with Crippen molar-refractivity contribution in [1.29, 1.82) is 0 Å². The Morgan fingerprint density at radius 1 is 1.41 bits per heavy atom. The summed E-state index contributed by atoms with van der Waals surface area (Å²) in [6.45, 7) is 3.00. The first-order chi connectivity index (χ1) is 8.36. The largest absolute Gasteiger partial charge is 0.381 e. The number of nitrogens with zero attached hydrogens (tertiary/aromatic N) is 1. The Morgan fingerprint density at radius 3 is 2.88 bits per heavy atom. The second-order valence-corrected chi connectivity index (χ2v) is 6.38. The van der Waals surface area contributed by atoms with Crippen molar-refractivity contribution in [3.05, 3.63) is 16.6 Å². The average molecular weight is 252 g/mol. The van der Waals surface area contributed by atoms with Gasteiger partial charge in [0.1, 0.15) is 0 Å². The van der Waals surface area contributed by atoms with Crippen LogP contribution in [-0.2, 0) is 11.2 Å². The van der Waals surface area contributed by atoms with E-state index in [1.165, 1.54) is 37.0 Å². The van der Waals surface area contributed by atoms with Crippen molar-refractivity contribution in [2.45, 2.75) is 38.1 Å². The van der Waals surface area contributed by atoms with Crippen molar-refractivity contribution in [2.24, 2.45) is 5.41 Å². The Hall–Kier alpha value is -0.450. The average Bonchev–Trinajstić information content (AvgIpc) is 3.06. The van der Waals surface area contributed by atoms with Crippen molar-refractivity contribution in [3.63, 3.8) is 0 Å². The van der Waals surface area contributed by atoms with Gasteiger partial charge in [-0.2, -0.15) is 0 Å². The molecule has 1 saturated heterocycles. The molecule has 1 aromatic heterocycles. The molecule has 0 unspecified atom stereocenters. The molecule has 1 N–H and O–H groups in total. The lowest BCUT2D eigenvalue weighted by Gasteiger charge is -2.37. The molecule has 1 saturated carbocycles. The lowest BCUT2D eigenvalue weighted by Crippen LogP contribution is -2.41. The van der Waals surface area contributed by atoms with Crippen LogP contribution >= 0.6 is 11.3 Å². The van der Waals surface area contributed by atoms with Gasteiger partial charge in [0.25, 0.3) is 0 Å². The topological polar surface area (TPSA) is 34.2 Å². The predicted octanol–water partition coefficient (Wildman–Crippen LogP) is 2.23. The van der Waals surface area contributed by atoms with Gasteiger partial charge in [0, 0.05) is 36.9 Å². The number of aromatic nitrogens is 1. The van der Waals surface area contributed by atoms with Crippen LogP contribution in [0.5, 0.6) is 0 Å². The van der Waals surface area contributed by atoms with Gasteiger partial charge < -0.3 is 10.1 Å². The summed E-state index contributed by atoms with van der Waals surface area (Å²) < 4.78 is 5.53. The van der Waals surface area contributed by atoms with E-state index in [0.717, 1.165) is 25.8 Å². The molecule has 1 aliphatic heterocycles. The Morgan fingerprint density at radius 2 is 2.24 bits per heavy atom. The first-order valence-corrected chi connectivity index (χ1v) is 7.43. The zero-order valence-electron chi connectivity index (χ0n) is 10.2. The molecule has 1 aromatic rings. The monoisotopic (exact) mass is 252 g/mol. The van der Waals surface area contributed by atoms with Gasteiger partial charge in [-0.25, -0.2) is 0 Å². The van der Waals surface area contributed by atoms with Gasteiger partial charge in [0.2, 0.25) is 0 Å². The number of hydrogen-bond donors (Lipinski definition) is 1. The third kappa shape index (κ3) is 3.06. The minimum atomic E-state index is 0.410. The van der Waals surface area contributed by atoms with Crippen LogP contribution in [0.4, 0.5) is 0 Å². The van der Waals surface area contributed by atoms with Crippen LogP contribution in [0, 0.1) is 5.41 Å². The molecule has 3 nitrogen and oxygen atoms in total. The molecule has 0 amide bonds. The van der Waals surface area contributed by atoms with Gasteiger partial charge in [-0.3, -0.25) is 4.98 Å². The summed E-state index contributed by atoms with van der Waals surface area (Å²) in [5.41, 5.74) is 2.35. The molecule has 0 spiro atoms. The molecule has 0 bridgehead atoms. The summed E-state index contributed by atoms with van der Waals surface area (Å²) in [5.74, 6) is 0. The van der Waals surface area contributed by atoms with Gasteiger partial charge >= 0.3 is 0 Å². The van der Waals surface area contributed by atoms with E-state index < -0.39 is 0 Å². The fourth-order valence-electron chi connectivity index (χ4n) is 2.57. The number of ether oxygens (including phenoxy) is 1. The predicted molar refractivity (Wildman–Crippen MR) is 69.3 cm³/mol. The highest BCUT2D eigenvalue weighted by molar-refractivity contribution is 7.09. The van der Waals surface area contributed by atoms with Gasteiger partial charge in [-0.1, -0.05) is 0 Å². The molecule has 1 aliphatic carbocycles. The normalized spacial score (nSPS) is 23.8. The van der Waals surface area contributed by atoms with Gasteiger partial charge in [0.05, 0.1) is 5.51 Å². The number of thiazole rings is 1. The second-order valence-electron chi connectivity index (χ2n) is 5.41. The van der Waals surface area contributed by atoms with Crippen molar-refractivity contribution in [1.82, 2.24) is 10.3 Å². The molecule has 3 rings (SSSR count). The quantitative estimate of drug-likeness (QED) is 0.872. The summed E-state index contributed by atoms with van der Waals surface area (Å²) >= 11 is 1.79. The van der Waals surface area contributed by atoms with E-state index in [1.54, 1.807) is 11.3 Å². The highest BCUT2D eigenvalue weighted by Gasteiger charge is 2.35. The molecule has 0 atom stereocenters. The smallest absolute Gasteiger partial charge is 0.0794 e. The molecule has 94 valence electrons. The minimum Gasteiger partial charge on any atom is -0.381 e. The zero-order valence-corrected chi connectivity index (χ0v) is 11.0. The van der Waals surface area contributed by atoms with Crippen molar-refractivity contribution >= 4 is 11.3 Å². The van der Waals surface area contributed by atoms with E-state index in [9.17, 15) is 0 Å². The molecule has 4 heteroatoms. The van der Waals surface area contributed by atoms with Gasteiger partial charge in [-0.15, -0.1) is 11.3 Å². The Labute approximate surface area is 107 Å². The zero-order chi connectivity index (χ0) is 11.6. The summed E-state index contributed by atoms with van der Waals surface area (Å²) in [6.07, 6.45) is 8.30. The molecular weight excluding hydrogens is 232 g/mol. The Bertz CT molecular complexity index is 342. The molecule has 2 fully saturated rings. The molecule has 17 heavy (non-hydrogen) atoms. The molecule has 0 radical (unpaired) electrons. The van der Waals surface area contributed by atoms with E-state index in [0.29, 0.717) is 5.41 Å². The van der Waals surface area contributed by atoms with Gasteiger partial charge in [0.15, 0.2) is 0 Å². The lowest BCUT2D eigenvalue weighted by atomic mass is 9.77. The van der Waals surface area contributed by atoms with E-state index in [4.69, 9.17) is 4.74 Å². The van der Waals surface area contributed by atoms with Crippen LogP contribution < -0.4 is 5.32 Å². The Balaban J connectivity index is 1.65. The number of hydrogen-bond acceptors (Lipinski definition) is 4. The molecular formula is C13H20N2OS. The maximum atomic E-state index is 5.53. The maximum absolute atomic E-state index is 5.53. The summed E-state index contributed by atoms with van der Waals surface area (Å²) in [5, 5.41) is 3.71. The third-order valence-corrected chi connectivity index (χ3v) is 4.71. The van der Waals surface area contributed by atoms with E-state index >= 15 is 0 Å². The fourth-order valence-corrected chi connectivity index (χ4v) is 3.34. The van der Waals surface area contributed by atoms with E-state index in [-0.39, 0.29) is 0 Å². The number of nitrogens with one attached hydrogen (secondary N) is 1. The standard InChI is InChI=1S/C13H20N2OS/c1-2-11(1)15-9-13(3-5-16-6-4-13)7-12-8-14-10-17-12/h8,10-11,15H,1-7,9H2. The first-order valence-electron chi connectivity index (χ1n) is 6.55. The maximum Gasteiger partial charge on any atom is 0.0794 e. The summed E-state index contributed by atoms with van der Waals surface area (Å²) in [7, 11) is 0. The van der Waals surface area contributed by atoms with Crippen LogP contribution in [0.15, 0.2) is 11.7 Å². The summed E-state index contributed by atoms with van der Waals surface area (Å²) in [4.78, 5) is 5.61. The fraction of sp³-hybridized carbons (Fsp3) is 0.769. The van der Waals surface area contributed by atoms with Crippen molar-refractivity contribution < 1.29 is 4.74 Å². The van der Waals surface area contributed by atoms with E-state index in [1.807, 2.05) is 11.7 Å². The van der Waals surface area contributed by atoms with Gasteiger partial charge in [-0.05, 0) is 37.5 Å². The highest BCUT2D eigenvalue weighted by atomic mass is 32.1. The van der Waals surface area contributed by atoms with Crippen LogP contribution in [-0.4, -0.2) is 30.8 Å². The minimum absolute atomic E-state index is 0.410. The molecule has 2 aliphatic rings. The summed E-state index contributed by atoms with van der Waals surface area (Å²) in [6, 6.07) is 0.802.